The summed E-state index contributed by atoms with van der Waals surface area (Å²) in [6, 6.07) is 20.8. The van der Waals surface area contributed by atoms with Crippen LogP contribution in [0.2, 0.25) is 0 Å². The van der Waals surface area contributed by atoms with E-state index in [1.807, 2.05) is 0 Å². The molecule has 0 unspecified atom stereocenters. The van der Waals surface area contributed by atoms with Gasteiger partial charge in [0.15, 0.2) is 0 Å². The predicted octanol–water partition coefficient (Wildman–Crippen LogP) is 2.01. The first-order valence-corrected chi connectivity index (χ1v) is 15.1. The fourth-order valence-electron chi connectivity index (χ4n) is 4.38. The van der Waals surface area contributed by atoms with E-state index in [1.165, 1.54) is 26.5 Å². The minimum absolute atomic E-state index is 0.810. The summed E-state index contributed by atoms with van der Waals surface area (Å²) in [7, 11) is 0. The molecule has 0 fully saturated rings. The zero-order chi connectivity index (χ0) is 18.5. The number of benzene rings is 3. The van der Waals surface area contributed by atoms with Crippen LogP contribution in [0.5, 0.6) is 17.2 Å². The summed E-state index contributed by atoms with van der Waals surface area (Å²) in [5.74, 6) is 3.20. The summed E-state index contributed by atoms with van der Waals surface area (Å²) in [4.78, 5) is 0. The molecule has 3 nitrogen and oxygen atoms in total. The Morgan fingerprint density at radius 1 is 0.500 bits per heavy atom. The van der Waals surface area contributed by atoms with Gasteiger partial charge in [-0.05, 0) is 0 Å². The molecule has 3 aliphatic heterocycles. The predicted molar refractivity (Wildman–Crippen MR) is 112 cm³/mol. The van der Waals surface area contributed by atoms with Crippen LogP contribution in [0.3, 0.4) is 0 Å². The minimum atomic E-state index is -2.41. The molecule has 28 heavy (non-hydrogen) atoms. The van der Waals surface area contributed by atoms with Crippen molar-refractivity contribution in [2.45, 2.75) is 19.3 Å². The Balaban J connectivity index is 1.50. The van der Waals surface area contributed by atoms with Crippen molar-refractivity contribution < 1.29 is 14.2 Å². The molecular formula is C24H21BiO3. The van der Waals surface area contributed by atoms with Crippen LogP contribution in [-0.4, -0.2) is 41.6 Å². The molecule has 6 rings (SSSR count). The van der Waals surface area contributed by atoms with Crippen LogP contribution in [0.15, 0.2) is 54.6 Å². The zero-order valence-electron chi connectivity index (χ0n) is 15.6. The molecule has 3 heterocycles. The molecule has 0 bridgehead atoms. The van der Waals surface area contributed by atoms with Crippen molar-refractivity contribution >= 4 is 31.6 Å². The molecule has 0 N–H and O–H groups in total. The van der Waals surface area contributed by atoms with Crippen LogP contribution in [0.4, 0.5) is 0 Å². The van der Waals surface area contributed by atoms with Gasteiger partial charge in [-0.2, -0.15) is 0 Å². The third-order valence-corrected chi connectivity index (χ3v) is 15.1. The second-order valence-corrected chi connectivity index (χ2v) is 16.1. The van der Waals surface area contributed by atoms with E-state index in [9.17, 15) is 0 Å². The molecular weight excluding hydrogens is 545 g/mol. The summed E-state index contributed by atoms with van der Waals surface area (Å²) in [6.45, 7) is 2.43. The second-order valence-electron chi connectivity index (χ2n) is 7.51. The van der Waals surface area contributed by atoms with Crippen molar-refractivity contribution in [1.82, 2.24) is 0 Å². The van der Waals surface area contributed by atoms with E-state index in [-0.39, 0.29) is 0 Å². The van der Waals surface area contributed by atoms with Gasteiger partial charge in [-0.15, -0.1) is 0 Å². The van der Waals surface area contributed by atoms with Crippen molar-refractivity contribution in [3.8, 4) is 17.2 Å². The van der Waals surface area contributed by atoms with E-state index in [1.54, 1.807) is 0 Å². The first kappa shape index (κ1) is 16.9. The first-order chi connectivity index (χ1) is 13.8. The van der Waals surface area contributed by atoms with Crippen molar-refractivity contribution in [1.29, 1.82) is 0 Å². The topological polar surface area (TPSA) is 27.7 Å². The van der Waals surface area contributed by atoms with Crippen molar-refractivity contribution in [2.24, 2.45) is 0 Å². The molecule has 3 aromatic carbocycles. The van der Waals surface area contributed by atoms with Crippen LogP contribution in [0.1, 0.15) is 16.7 Å². The molecule has 0 radical (unpaired) electrons. The Labute approximate surface area is 172 Å². The molecule has 0 amide bonds. The number of rotatable bonds is 3. The zero-order valence-corrected chi connectivity index (χ0v) is 19.1. The SMILES string of the molecule is c1cc2c(c[c]1[Bi]([c]1ccc3c(c1)CCO3)[c]1ccc3c(c1)CCO3)CCO2. The molecule has 0 atom stereocenters. The molecule has 0 saturated carbocycles. The molecule has 3 aromatic rings. The molecule has 0 aromatic heterocycles. The van der Waals surface area contributed by atoms with E-state index < -0.39 is 21.8 Å². The Morgan fingerprint density at radius 3 is 1.21 bits per heavy atom. The van der Waals surface area contributed by atoms with Gasteiger partial charge in [0.2, 0.25) is 0 Å². The average molecular weight is 566 g/mol. The fraction of sp³-hybridized carbons (Fsp3) is 0.250. The summed E-state index contributed by atoms with van der Waals surface area (Å²) in [5.41, 5.74) is 4.10. The van der Waals surface area contributed by atoms with Gasteiger partial charge in [0.05, 0.1) is 0 Å². The third-order valence-electron chi connectivity index (χ3n) is 5.79. The number of hydrogen-bond acceptors (Lipinski definition) is 3. The maximum absolute atomic E-state index is 5.76. The van der Waals surface area contributed by atoms with Gasteiger partial charge < -0.3 is 0 Å². The average Bonchev–Trinajstić information content (AvgIpc) is 3.47. The first-order valence-electron chi connectivity index (χ1n) is 9.92. The number of hydrogen-bond donors (Lipinski definition) is 0. The summed E-state index contributed by atoms with van der Waals surface area (Å²) < 4.78 is 21.8. The molecule has 4 heteroatoms. The fourth-order valence-corrected chi connectivity index (χ4v) is 13.8. The van der Waals surface area contributed by atoms with Gasteiger partial charge in [0.25, 0.3) is 0 Å². The monoisotopic (exact) mass is 566 g/mol. The maximum atomic E-state index is 5.76. The van der Waals surface area contributed by atoms with Gasteiger partial charge in [-0.3, -0.25) is 0 Å². The Kier molecular flexibility index (Phi) is 4.08. The number of fused-ring (bicyclic) bond motifs is 3. The van der Waals surface area contributed by atoms with Gasteiger partial charge in [-0.25, -0.2) is 0 Å². The molecule has 0 spiro atoms. The van der Waals surface area contributed by atoms with Gasteiger partial charge in [-0.1, -0.05) is 0 Å². The van der Waals surface area contributed by atoms with E-state index in [0.717, 1.165) is 56.3 Å². The van der Waals surface area contributed by atoms with Crippen LogP contribution in [-0.2, 0) is 19.3 Å². The van der Waals surface area contributed by atoms with Gasteiger partial charge in [0, 0.05) is 0 Å². The van der Waals surface area contributed by atoms with Gasteiger partial charge in [0.1, 0.15) is 0 Å². The normalized spacial score (nSPS) is 16.2. The Morgan fingerprint density at radius 2 is 0.857 bits per heavy atom. The van der Waals surface area contributed by atoms with Gasteiger partial charge >= 0.3 is 173 Å². The molecule has 3 aliphatic rings. The van der Waals surface area contributed by atoms with Crippen LogP contribution >= 0.6 is 0 Å². The Hall–Kier alpha value is -2.06. The van der Waals surface area contributed by atoms with E-state index >= 15 is 0 Å². The summed E-state index contributed by atoms with van der Waals surface area (Å²) >= 11 is -2.41. The van der Waals surface area contributed by atoms with E-state index in [0.29, 0.717) is 0 Å². The van der Waals surface area contributed by atoms with E-state index in [4.69, 9.17) is 14.2 Å². The van der Waals surface area contributed by atoms with Crippen LogP contribution in [0, 0.1) is 0 Å². The quantitative estimate of drug-likeness (QED) is 0.455. The summed E-state index contributed by atoms with van der Waals surface area (Å²) in [5, 5.41) is 0. The summed E-state index contributed by atoms with van der Waals surface area (Å²) in [6.07, 6.45) is 3.07. The van der Waals surface area contributed by atoms with Crippen molar-refractivity contribution in [3.63, 3.8) is 0 Å². The second kappa shape index (κ2) is 6.77. The number of ether oxygens (including phenoxy) is 3. The van der Waals surface area contributed by atoms with E-state index in [2.05, 4.69) is 54.6 Å². The molecule has 0 saturated heterocycles. The third kappa shape index (κ3) is 2.81. The van der Waals surface area contributed by atoms with Crippen LogP contribution < -0.4 is 24.0 Å². The standard InChI is InChI=1S/3C8H7O.Bi/c3*1-2-4-8-7(3-1)5-6-9-8;/h3*2-4H,5-6H2;. The van der Waals surface area contributed by atoms with Crippen molar-refractivity contribution in [2.75, 3.05) is 19.8 Å². The molecule has 140 valence electrons. The van der Waals surface area contributed by atoms with Crippen molar-refractivity contribution in [3.05, 3.63) is 71.3 Å². The Bertz CT molecular complexity index is 939. The molecule has 0 aliphatic carbocycles. The van der Waals surface area contributed by atoms with Crippen LogP contribution in [0.25, 0.3) is 0 Å².